The van der Waals surface area contributed by atoms with Crippen LogP contribution in [0.3, 0.4) is 0 Å². The molecule has 0 N–H and O–H groups in total. The van der Waals surface area contributed by atoms with Gasteiger partial charge in [0.25, 0.3) is 0 Å². The van der Waals surface area contributed by atoms with Crippen molar-refractivity contribution in [1.82, 2.24) is 0 Å². The van der Waals surface area contributed by atoms with Crippen molar-refractivity contribution in [2.45, 2.75) is 84.3 Å². The van der Waals surface area contributed by atoms with E-state index in [4.69, 9.17) is 0 Å². The molecule has 0 nitrogen and oxygen atoms in total. The van der Waals surface area contributed by atoms with Crippen molar-refractivity contribution in [3.05, 3.63) is 219 Å². The number of hydrogen-bond acceptors (Lipinski definition) is 0. The molecule has 1 aliphatic heterocycles. The van der Waals surface area contributed by atoms with Gasteiger partial charge in [0.2, 0.25) is 0 Å². The van der Waals surface area contributed by atoms with Gasteiger partial charge in [0.15, 0.2) is 0 Å². The van der Waals surface area contributed by atoms with E-state index in [0.717, 1.165) is 45.8 Å². The number of benzene rings is 8. The van der Waals surface area contributed by atoms with E-state index < -0.39 is 80.1 Å². The van der Waals surface area contributed by atoms with E-state index in [-0.39, 0.29) is 34.4 Å². The van der Waals surface area contributed by atoms with E-state index in [1.807, 2.05) is 74.5 Å². The molecule has 2 aliphatic carbocycles. The fourth-order valence-corrected chi connectivity index (χ4v) is 41.1. The summed E-state index contributed by atoms with van der Waals surface area (Å²) >= 11 is -6.74. The topological polar surface area (TPSA) is 0 Å². The van der Waals surface area contributed by atoms with Gasteiger partial charge < -0.3 is 0 Å². The molecule has 0 bridgehead atoms. The summed E-state index contributed by atoms with van der Waals surface area (Å²) in [5.74, 6) is 0. The monoisotopic (exact) mass is 1260 g/mol. The molecular weight excluding hydrogens is 1210 g/mol. The van der Waals surface area contributed by atoms with Crippen LogP contribution in [-0.4, -0.2) is 9.52 Å². The molecule has 11 rings (SSSR count). The van der Waals surface area contributed by atoms with Crippen LogP contribution in [0.1, 0.15) is 104 Å². The van der Waals surface area contributed by atoms with Crippen molar-refractivity contribution in [3.63, 3.8) is 0 Å². The standard InChI is InChI=1S/2C27H21F6.C12H9Si.2ClH.Zr/c2*1-2-3-7-17-12-19-10-11-23(18-8-5-4-6-9-18)25(24(19)13-17)20-14-21(26(28,29)30)16-22(15-20)27(31,32)33;1-3-7-11-9(5-1)10-6-2-4-8-12(10)13-11;;;/h2*4-6,8-16H,2-3,7H2,1H3;1-7H,13H2;2*1H;/q;;;;;+2/p-2. The maximum absolute atomic E-state index is 14.9. The van der Waals surface area contributed by atoms with Gasteiger partial charge in [0.05, 0.1) is 0 Å². The molecule has 0 radical (unpaired) electrons. The molecule has 16 heteroatoms. The molecule has 0 spiro atoms. The number of alkyl halides is 12. The van der Waals surface area contributed by atoms with E-state index in [1.54, 1.807) is 72.8 Å². The van der Waals surface area contributed by atoms with Crippen molar-refractivity contribution in [1.29, 1.82) is 0 Å². The summed E-state index contributed by atoms with van der Waals surface area (Å²) in [7, 11) is 17.3. The van der Waals surface area contributed by atoms with Crippen molar-refractivity contribution < 1.29 is 69.1 Å². The normalized spacial score (nSPS) is 16.8. The zero-order valence-electron chi connectivity index (χ0n) is 44.1. The van der Waals surface area contributed by atoms with Crippen LogP contribution < -0.4 is 13.6 Å². The Labute approximate surface area is 477 Å². The Morgan fingerprint density at radius 2 is 0.805 bits per heavy atom. The van der Waals surface area contributed by atoms with Gasteiger partial charge in [-0.15, -0.1) is 0 Å². The summed E-state index contributed by atoms with van der Waals surface area (Å²) in [6, 6.07) is 41.4. The predicted octanol–water partition coefficient (Wildman–Crippen LogP) is 19.8. The summed E-state index contributed by atoms with van der Waals surface area (Å²) in [5, 5.41) is 2.09. The Balaban J connectivity index is 1.28. The van der Waals surface area contributed by atoms with E-state index in [0.29, 0.717) is 97.5 Å². The molecule has 8 aromatic carbocycles. The number of hydrogen-bond donors (Lipinski definition) is 0. The molecule has 0 saturated carbocycles. The minimum absolute atomic E-state index is 0.106. The van der Waals surface area contributed by atoms with Crippen molar-refractivity contribution >= 4 is 52.3 Å². The predicted molar refractivity (Wildman–Crippen MR) is 306 cm³/mol. The maximum atomic E-state index is 14.9. The molecule has 2 unspecified atom stereocenters. The first-order valence-electron chi connectivity index (χ1n) is 27.0. The van der Waals surface area contributed by atoms with E-state index in [9.17, 15) is 69.7 Å². The molecule has 82 heavy (non-hydrogen) atoms. The number of unbranched alkanes of at least 4 members (excludes halogenated alkanes) is 2. The SMILES string of the molecule is CCCCC1=Cc2c(ccc(-c3ccccc3)c2-c2cc(C(F)(F)F)cc(C(F)(F)F)c2)[CH]1[Zr]([Cl])([Cl])([c]1cccc2c1[SiH2]c1ccccc1-2)[CH]1C(CCCC)=Cc2c1ccc(-c1ccccc1)c2-c1cc(C(F)(F)F)cc(C(F)(F)F)c1. The quantitative estimate of drug-likeness (QED) is 0.0797. The first kappa shape index (κ1) is 57.9. The van der Waals surface area contributed by atoms with Crippen LogP contribution in [0.5, 0.6) is 0 Å². The second-order valence-corrected chi connectivity index (χ2v) is 44.1. The fourth-order valence-electron chi connectivity index (χ4n) is 13.1. The third kappa shape index (κ3) is 10.2. The van der Waals surface area contributed by atoms with Crippen LogP contribution in [0.2, 0.25) is 0 Å². The zero-order chi connectivity index (χ0) is 58.3. The first-order chi connectivity index (χ1) is 38.8. The van der Waals surface area contributed by atoms with Crippen LogP contribution in [-0.2, 0) is 41.1 Å². The zero-order valence-corrected chi connectivity index (χ0v) is 49.5. The van der Waals surface area contributed by atoms with Gasteiger partial charge in [-0.25, -0.2) is 0 Å². The van der Waals surface area contributed by atoms with Gasteiger partial charge in [-0.3, -0.25) is 0 Å². The summed E-state index contributed by atoms with van der Waals surface area (Å²) in [6.07, 6.45) is -13.8. The Morgan fingerprint density at radius 3 is 1.21 bits per heavy atom. The van der Waals surface area contributed by atoms with Gasteiger partial charge in [-0.1, -0.05) is 0 Å². The van der Waals surface area contributed by atoms with Crippen LogP contribution in [0, 0.1) is 0 Å². The van der Waals surface area contributed by atoms with Crippen LogP contribution >= 0.6 is 17.0 Å². The third-order valence-corrected chi connectivity index (χ3v) is 39.4. The Kier molecular flexibility index (Phi) is 15.0. The van der Waals surface area contributed by atoms with Gasteiger partial charge in [0.1, 0.15) is 0 Å². The average Bonchev–Trinajstić information content (AvgIpc) is 1.50. The molecule has 8 aromatic rings. The Bertz CT molecular complexity index is 3610. The second kappa shape index (κ2) is 21.3. The Morgan fingerprint density at radius 1 is 0.415 bits per heavy atom. The van der Waals surface area contributed by atoms with Gasteiger partial charge in [-0.05, 0) is 0 Å². The number of fused-ring (bicyclic) bond motifs is 5. The summed E-state index contributed by atoms with van der Waals surface area (Å²) < 4.78 is 178. The van der Waals surface area contributed by atoms with Crippen molar-refractivity contribution in [2.24, 2.45) is 0 Å². The molecule has 421 valence electrons. The molecule has 0 amide bonds. The summed E-state index contributed by atoms with van der Waals surface area (Å²) in [4.78, 5) is 0. The number of allylic oxidation sites excluding steroid dienone is 2. The Hall–Kier alpha value is -5.92. The summed E-state index contributed by atoms with van der Waals surface area (Å²) in [5.41, 5.74) is 0.344. The van der Waals surface area contributed by atoms with E-state index in [2.05, 4.69) is 6.07 Å². The number of rotatable bonds is 13. The first-order valence-corrected chi connectivity index (χ1v) is 38.9. The van der Waals surface area contributed by atoms with E-state index in [1.165, 1.54) is 0 Å². The van der Waals surface area contributed by atoms with Gasteiger partial charge in [-0.2, -0.15) is 0 Å². The van der Waals surface area contributed by atoms with Crippen LogP contribution in [0.15, 0.2) is 175 Å². The van der Waals surface area contributed by atoms with Gasteiger partial charge >= 0.3 is 481 Å². The molecular formula is C66H51Cl2F12SiZr. The molecule has 3 aliphatic rings. The van der Waals surface area contributed by atoms with Gasteiger partial charge in [0, 0.05) is 0 Å². The molecule has 2 atom stereocenters. The minimum atomic E-state index is -6.74. The van der Waals surface area contributed by atoms with Crippen LogP contribution in [0.4, 0.5) is 52.7 Å². The molecule has 0 saturated heterocycles. The second-order valence-electron chi connectivity index (χ2n) is 21.6. The molecule has 0 aromatic heterocycles. The third-order valence-electron chi connectivity index (χ3n) is 16.6. The fraction of sp³-hybridized carbons (Fsp3) is 0.212. The average molecular weight is 1260 g/mol. The summed E-state index contributed by atoms with van der Waals surface area (Å²) in [6.45, 7) is 3.97. The molecule has 0 fully saturated rings. The van der Waals surface area contributed by atoms with Crippen LogP contribution in [0.25, 0.3) is 67.8 Å². The van der Waals surface area contributed by atoms with Crippen molar-refractivity contribution in [3.8, 4) is 55.6 Å². The molecule has 1 heterocycles. The number of halogens is 14. The van der Waals surface area contributed by atoms with E-state index >= 15 is 0 Å². The van der Waals surface area contributed by atoms with Crippen molar-refractivity contribution in [2.75, 3.05) is 0 Å².